The van der Waals surface area contributed by atoms with E-state index in [-0.39, 0.29) is 0 Å². The quantitative estimate of drug-likeness (QED) is 0.648. The monoisotopic (exact) mass is 144 g/mol. The molecule has 0 unspecified atom stereocenters. The van der Waals surface area contributed by atoms with E-state index < -0.39 is 0 Å². The molecule has 0 heterocycles. The summed E-state index contributed by atoms with van der Waals surface area (Å²) in [6.45, 7) is 7.16. The number of nitrogens with one attached hydrogen (secondary N) is 1. The standard InChI is InChI=1S/C6H14N2.C2H6/c1-4-8(3)6-5-7-2;1-2/h5-7H,4H2,1-3H3;1-2H3/b6-5-;. The van der Waals surface area contributed by atoms with Crippen molar-refractivity contribution < 1.29 is 0 Å². The number of hydrogen-bond donors (Lipinski definition) is 1. The van der Waals surface area contributed by atoms with E-state index in [9.17, 15) is 0 Å². The Bertz CT molecular complexity index is 69.7. The van der Waals surface area contributed by atoms with Crippen molar-refractivity contribution in [3.63, 3.8) is 0 Å². The molecule has 0 aromatic carbocycles. The van der Waals surface area contributed by atoms with Gasteiger partial charge in [-0.1, -0.05) is 13.8 Å². The first-order valence-electron chi connectivity index (χ1n) is 3.85. The molecule has 0 bridgehead atoms. The van der Waals surface area contributed by atoms with Crippen molar-refractivity contribution in [1.29, 1.82) is 0 Å². The van der Waals surface area contributed by atoms with E-state index in [1.54, 1.807) is 0 Å². The predicted molar refractivity (Wildman–Crippen MR) is 47.9 cm³/mol. The highest BCUT2D eigenvalue weighted by Gasteiger charge is 1.78. The van der Waals surface area contributed by atoms with E-state index >= 15 is 0 Å². The second-order valence-electron chi connectivity index (χ2n) is 1.68. The lowest BCUT2D eigenvalue weighted by Gasteiger charge is -2.08. The Labute approximate surface area is 64.9 Å². The van der Waals surface area contributed by atoms with Crippen molar-refractivity contribution in [3.8, 4) is 0 Å². The minimum absolute atomic E-state index is 1.05. The van der Waals surface area contributed by atoms with E-state index in [2.05, 4.69) is 17.1 Å². The van der Waals surface area contributed by atoms with Gasteiger partial charge in [0, 0.05) is 33.0 Å². The molecule has 0 radical (unpaired) electrons. The van der Waals surface area contributed by atoms with Gasteiger partial charge in [0.1, 0.15) is 0 Å². The third kappa shape index (κ3) is 10.3. The van der Waals surface area contributed by atoms with Gasteiger partial charge in [-0.2, -0.15) is 0 Å². The predicted octanol–water partition coefficient (Wildman–Crippen LogP) is 1.65. The molecule has 0 fully saturated rings. The van der Waals surface area contributed by atoms with Gasteiger partial charge in [-0.15, -0.1) is 0 Å². The largest absolute Gasteiger partial charge is 0.393 e. The zero-order chi connectivity index (χ0) is 8.41. The average molecular weight is 144 g/mol. The summed E-state index contributed by atoms with van der Waals surface area (Å²) in [6.07, 6.45) is 3.91. The number of hydrogen-bond acceptors (Lipinski definition) is 2. The van der Waals surface area contributed by atoms with E-state index in [1.165, 1.54) is 0 Å². The zero-order valence-electron chi connectivity index (χ0n) is 7.81. The molecule has 0 atom stereocenters. The Balaban J connectivity index is 0. The van der Waals surface area contributed by atoms with Crippen LogP contribution in [0.1, 0.15) is 20.8 Å². The van der Waals surface area contributed by atoms with Gasteiger partial charge in [-0.3, -0.25) is 0 Å². The van der Waals surface area contributed by atoms with Gasteiger partial charge in [0.05, 0.1) is 0 Å². The average Bonchev–Trinajstić information content (AvgIpc) is 2.04. The van der Waals surface area contributed by atoms with Crippen molar-refractivity contribution in [1.82, 2.24) is 10.2 Å². The van der Waals surface area contributed by atoms with Crippen molar-refractivity contribution in [2.75, 3.05) is 20.6 Å². The molecule has 2 nitrogen and oxygen atoms in total. The third-order valence-electron chi connectivity index (χ3n) is 0.994. The molecule has 0 aromatic heterocycles. The van der Waals surface area contributed by atoms with Gasteiger partial charge in [0.25, 0.3) is 0 Å². The van der Waals surface area contributed by atoms with Gasteiger partial charge in [0.2, 0.25) is 0 Å². The fourth-order valence-corrected chi connectivity index (χ4v) is 0.307. The molecule has 0 aromatic rings. The number of nitrogens with zero attached hydrogens (tertiary/aromatic N) is 1. The molecule has 0 spiro atoms. The topological polar surface area (TPSA) is 15.3 Å². The van der Waals surface area contributed by atoms with Crippen LogP contribution in [0, 0.1) is 0 Å². The van der Waals surface area contributed by atoms with Crippen LogP contribution in [-0.2, 0) is 0 Å². The first-order chi connectivity index (χ1) is 4.81. The maximum Gasteiger partial charge on any atom is 0.0147 e. The van der Waals surface area contributed by atoms with Crippen LogP contribution < -0.4 is 5.32 Å². The second kappa shape index (κ2) is 11.2. The molecule has 10 heavy (non-hydrogen) atoms. The zero-order valence-corrected chi connectivity index (χ0v) is 7.81. The highest BCUT2D eigenvalue weighted by Crippen LogP contribution is 1.78. The third-order valence-corrected chi connectivity index (χ3v) is 0.994. The van der Waals surface area contributed by atoms with E-state index in [4.69, 9.17) is 0 Å². The summed E-state index contributed by atoms with van der Waals surface area (Å²) < 4.78 is 0. The van der Waals surface area contributed by atoms with Crippen LogP contribution in [-0.4, -0.2) is 25.5 Å². The summed E-state index contributed by atoms with van der Waals surface area (Å²) in [7, 11) is 3.92. The molecule has 0 saturated heterocycles. The molecule has 62 valence electrons. The lowest BCUT2D eigenvalue weighted by atomic mass is 10.6. The maximum atomic E-state index is 2.91. The molecule has 2 heteroatoms. The van der Waals surface area contributed by atoms with Crippen molar-refractivity contribution in [2.24, 2.45) is 0 Å². The summed E-state index contributed by atoms with van der Waals surface area (Å²) in [5.41, 5.74) is 0. The van der Waals surface area contributed by atoms with Gasteiger partial charge in [0.15, 0.2) is 0 Å². The first-order valence-corrected chi connectivity index (χ1v) is 3.85. The Kier molecular flexibility index (Phi) is 13.5. The van der Waals surface area contributed by atoms with Gasteiger partial charge in [-0.05, 0) is 6.92 Å². The van der Waals surface area contributed by atoms with Crippen LogP contribution >= 0.6 is 0 Å². The van der Waals surface area contributed by atoms with Crippen LogP contribution in [0.4, 0.5) is 0 Å². The molecule has 0 saturated carbocycles. The highest BCUT2D eigenvalue weighted by molar-refractivity contribution is 4.75. The molecule has 0 aliphatic carbocycles. The van der Waals surface area contributed by atoms with Crippen LogP contribution in [0.3, 0.4) is 0 Å². The smallest absolute Gasteiger partial charge is 0.0147 e. The molecule has 0 amide bonds. The second-order valence-corrected chi connectivity index (χ2v) is 1.68. The van der Waals surface area contributed by atoms with Gasteiger partial charge in [-0.25, -0.2) is 0 Å². The lowest BCUT2D eigenvalue weighted by molar-refractivity contribution is 0.481. The summed E-state index contributed by atoms with van der Waals surface area (Å²) >= 11 is 0. The Hall–Kier alpha value is -0.660. The van der Waals surface area contributed by atoms with Crippen LogP contribution in [0.5, 0.6) is 0 Å². The minimum Gasteiger partial charge on any atom is -0.393 e. The van der Waals surface area contributed by atoms with E-state index in [0.717, 1.165) is 6.54 Å². The molecular formula is C8H20N2. The summed E-state index contributed by atoms with van der Waals surface area (Å²) in [5.74, 6) is 0. The Morgan fingerprint density at radius 3 is 2.20 bits per heavy atom. The summed E-state index contributed by atoms with van der Waals surface area (Å²) in [5, 5.41) is 2.91. The normalized spacial score (nSPS) is 8.50. The molecule has 0 rings (SSSR count). The SMILES string of the molecule is CC.CCN(C)/C=C\NC. The fraction of sp³-hybridized carbons (Fsp3) is 0.750. The highest BCUT2D eigenvalue weighted by atomic mass is 15.1. The lowest BCUT2D eigenvalue weighted by Crippen LogP contribution is -2.10. The van der Waals surface area contributed by atoms with Gasteiger partial charge >= 0.3 is 0 Å². The molecule has 0 aliphatic heterocycles. The molecule has 0 aliphatic rings. The van der Waals surface area contributed by atoms with Crippen LogP contribution in [0.15, 0.2) is 12.4 Å². The van der Waals surface area contributed by atoms with Crippen molar-refractivity contribution in [2.45, 2.75) is 20.8 Å². The number of rotatable bonds is 3. The van der Waals surface area contributed by atoms with Crippen molar-refractivity contribution in [3.05, 3.63) is 12.4 Å². The minimum atomic E-state index is 1.05. The van der Waals surface area contributed by atoms with Crippen LogP contribution in [0.2, 0.25) is 0 Å². The Morgan fingerprint density at radius 2 is 1.90 bits per heavy atom. The maximum absolute atomic E-state index is 2.91. The fourth-order valence-electron chi connectivity index (χ4n) is 0.307. The Morgan fingerprint density at radius 1 is 1.40 bits per heavy atom. The first kappa shape index (κ1) is 12.1. The van der Waals surface area contributed by atoms with E-state index in [0.29, 0.717) is 0 Å². The van der Waals surface area contributed by atoms with Gasteiger partial charge < -0.3 is 10.2 Å². The molecular weight excluding hydrogens is 124 g/mol. The van der Waals surface area contributed by atoms with Crippen LogP contribution in [0.25, 0.3) is 0 Å². The summed E-state index contributed by atoms with van der Waals surface area (Å²) in [6, 6.07) is 0. The molecule has 1 N–H and O–H groups in total. The van der Waals surface area contributed by atoms with Crippen molar-refractivity contribution >= 4 is 0 Å². The van der Waals surface area contributed by atoms with E-state index in [1.807, 2.05) is 40.3 Å². The summed E-state index contributed by atoms with van der Waals surface area (Å²) in [4.78, 5) is 2.09.